The Morgan fingerprint density at radius 1 is 1.19 bits per heavy atom. The molecule has 1 aromatic rings. The van der Waals surface area contributed by atoms with Crippen molar-refractivity contribution in [2.75, 3.05) is 13.1 Å². The van der Waals surface area contributed by atoms with Crippen molar-refractivity contribution in [2.24, 2.45) is 11.8 Å². The van der Waals surface area contributed by atoms with Crippen molar-refractivity contribution in [1.82, 2.24) is 9.62 Å². The number of nitrogens with one attached hydrogen (secondary N) is 1. The molecule has 1 aromatic carbocycles. The van der Waals surface area contributed by atoms with Gasteiger partial charge in [0.05, 0.1) is 10.8 Å². The molecule has 1 saturated heterocycles. The highest BCUT2D eigenvalue weighted by molar-refractivity contribution is 7.89. The van der Waals surface area contributed by atoms with E-state index >= 15 is 0 Å². The Balaban J connectivity index is 1.69. The lowest BCUT2D eigenvalue weighted by molar-refractivity contribution is -0.127. The van der Waals surface area contributed by atoms with Crippen molar-refractivity contribution >= 4 is 27.5 Å². The summed E-state index contributed by atoms with van der Waals surface area (Å²) in [5, 5.41) is 3.62. The van der Waals surface area contributed by atoms with Gasteiger partial charge in [0, 0.05) is 24.2 Å². The van der Waals surface area contributed by atoms with Crippen LogP contribution >= 0.6 is 11.6 Å². The molecule has 7 heteroatoms. The Morgan fingerprint density at radius 2 is 1.93 bits per heavy atom. The third kappa shape index (κ3) is 4.66. The van der Waals surface area contributed by atoms with Crippen LogP contribution in [0.5, 0.6) is 0 Å². The molecule has 1 aliphatic carbocycles. The number of benzene rings is 1. The van der Waals surface area contributed by atoms with Gasteiger partial charge in [0.25, 0.3) is 0 Å². The number of hydrogen-bond acceptors (Lipinski definition) is 3. The lowest BCUT2D eigenvalue weighted by Gasteiger charge is -2.34. The number of carbonyl (C=O) groups excluding carboxylic acids is 1. The number of rotatable bonds is 4. The summed E-state index contributed by atoms with van der Waals surface area (Å²) < 4.78 is 27.4. The average molecular weight is 413 g/mol. The second kappa shape index (κ2) is 8.50. The van der Waals surface area contributed by atoms with Gasteiger partial charge in [0.2, 0.25) is 15.9 Å². The highest BCUT2D eigenvalue weighted by Gasteiger charge is 2.34. The molecule has 0 aromatic heterocycles. The van der Waals surface area contributed by atoms with Gasteiger partial charge in [-0.15, -0.1) is 0 Å². The van der Waals surface area contributed by atoms with Gasteiger partial charge in [0.15, 0.2) is 0 Å². The fraction of sp³-hybridized carbons (Fsp3) is 0.650. The summed E-state index contributed by atoms with van der Waals surface area (Å²) in [6, 6.07) is 5.02. The summed E-state index contributed by atoms with van der Waals surface area (Å²) in [7, 11) is -3.64. The second-order valence-electron chi connectivity index (χ2n) is 7.99. The number of piperidine rings is 1. The maximum atomic E-state index is 13.0. The monoisotopic (exact) mass is 412 g/mol. The molecule has 0 spiro atoms. The van der Waals surface area contributed by atoms with Crippen molar-refractivity contribution in [3.05, 3.63) is 28.8 Å². The zero-order valence-corrected chi connectivity index (χ0v) is 17.7. The molecule has 1 heterocycles. The number of halogens is 1. The Hall–Kier alpha value is -1.11. The normalized spacial score (nSPS) is 27.3. The number of aryl methyl sites for hydroxylation is 1. The minimum Gasteiger partial charge on any atom is -0.353 e. The molecule has 1 N–H and O–H groups in total. The first kappa shape index (κ1) is 20.6. The zero-order chi connectivity index (χ0) is 19.6. The minimum atomic E-state index is -3.64. The van der Waals surface area contributed by atoms with E-state index in [0.29, 0.717) is 23.9 Å². The molecule has 1 amide bonds. The standard InChI is InChI=1S/C20H29ClN2O3S/c1-14-9-10-17(12-18(14)21)27(25,26)23-11-5-7-16(13-23)20(24)22-19-8-4-3-6-15(19)2/h9-10,12,15-16,19H,3-8,11,13H2,1-2H3,(H,22,24)/t15-,16+,19+/m0/s1. The molecular formula is C20H29ClN2O3S. The Labute approximate surface area is 167 Å². The molecule has 3 atom stereocenters. The van der Waals surface area contributed by atoms with Crippen molar-refractivity contribution in [3.63, 3.8) is 0 Å². The van der Waals surface area contributed by atoms with Crippen LogP contribution < -0.4 is 5.32 Å². The first-order valence-corrected chi connectivity index (χ1v) is 11.7. The lowest BCUT2D eigenvalue weighted by atomic mass is 9.85. The van der Waals surface area contributed by atoms with Crippen LogP contribution in [0.3, 0.4) is 0 Å². The van der Waals surface area contributed by atoms with Gasteiger partial charge in [-0.05, 0) is 56.2 Å². The number of hydrogen-bond donors (Lipinski definition) is 1. The molecule has 2 aliphatic rings. The summed E-state index contributed by atoms with van der Waals surface area (Å²) >= 11 is 6.11. The average Bonchev–Trinajstić information content (AvgIpc) is 2.65. The number of carbonyl (C=O) groups is 1. The van der Waals surface area contributed by atoms with Gasteiger partial charge in [-0.3, -0.25) is 4.79 Å². The van der Waals surface area contributed by atoms with E-state index in [1.165, 1.54) is 16.8 Å². The fourth-order valence-corrected chi connectivity index (χ4v) is 5.88. The maximum absolute atomic E-state index is 13.0. The summed E-state index contributed by atoms with van der Waals surface area (Å²) in [5.74, 6) is 0.194. The molecule has 0 bridgehead atoms. The lowest BCUT2D eigenvalue weighted by Crippen LogP contribution is -2.49. The third-order valence-electron chi connectivity index (χ3n) is 5.98. The fourth-order valence-electron chi connectivity index (χ4n) is 4.09. The van der Waals surface area contributed by atoms with Gasteiger partial charge in [-0.25, -0.2) is 8.42 Å². The van der Waals surface area contributed by atoms with E-state index < -0.39 is 10.0 Å². The SMILES string of the molecule is Cc1ccc(S(=O)(=O)N2CCC[C@@H](C(=O)N[C@@H]3CCCC[C@@H]3C)C2)cc1Cl. The van der Waals surface area contributed by atoms with Crippen LogP contribution in [0.2, 0.25) is 5.02 Å². The number of nitrogens with zero attached hydrogens (tertiary/aromatic N) is 1. The van der Waals surface area contributed by atoms with Crippen LogP contribution in [0.25, 0.3) is 0 Å². The third-order valence-corrected chi connectivity index (χ3v) is 8.24. The van der Waals surface area contributed by atoms with Crippen molar-refractivity contribution in [3.8, 4) is 0 Å². The molecule has 27 heavy (non-hydrogen) atoms. The van der Waals surface area contributed by atoms with E-state index in [0.717, 1.165) is 31.2 Å². The first-order chi connectivity index (χ1) is 12.8. The minimum absolute atomic E-state index is 0.00408. The molecule has 2 fully saturated rings. The van der Waals surface area contributed by atoms with Crippen LogP contribution in [0.15, 0.2) is 23.1 Å². The first-order valence-electron chi connectivity index (χ1n) is 9.85. The van der Waals surface area contributed by atoms with Crippen molar-refractivity contribution in [1.29, 1.82) is 0 Å². The van der Waals surface area contributed by atoms with Gasteiger partial charge in [-0.2, -0.15) is 4.31 Å². The summed E-state index contributed by atoms with van der Waals surface area (Å²) in [5.41, 5.74) is 0.841. The second-order valence-corrected chi connectivity index (χ2v) is 10.3. The van der Waals surface area contributed by atoms with E-state index in [1.807, 2.05) is 6.92 Å². The Bertz CT molecular complexity index is 796. The van der Waals surface area contributed by atoms with E-state index in [9.17, 15) is 13.2 Å². The molecule has 0 unspecified atom stereocenters. The van der Waals surface area contributed by atoms with Crippen molar-refractivity contribution < 1.29 is 13.2 Å². The van der Waals surface area contributed by atoms with E-state index in [1.54, 1.807) is 12.1 Å². The molecular weight excluding hydrogens is 384 g/mol. The van der Waals surface area contributed by atoms with Gasteiger partial charge in [0.1, 0.15) is 0 Å². The Kier molecular flexibility index (Phi) is 6.49. The highest BCUT2D eigenvalue weighted by atomic mass is 35.5. The molecule has 0 radical (unpaired) electrons. The molecule has 1 aliphatic heterocycles. The predicted molar refractivity (Wildman–Crippen MR) is 107 cm³/mol. The molecule has 5 nitrogen and oxygen atoms in total. The van der Waals surface area contributed by atoms with Crippen LogP contribution in [-0.2, 0) is 14.8 Å². The number of amides is 1. The van der Waals surface area contributed by atoms with Crippen LogP contribution in [0, 0.1) is 18.8 Å². The summed E-state index contributed by atoms with van der Waals surface area (Å²) in [4.78, 5) is 13.0. The quantitative estimate of drug-likeness (QED) is 0.818. The van der Waals surface area contributed by atoms with Gasteiger partial charge >= 0.3 is 0 Å². The topological polar surface area (TPSA) is 66.5 Å². The Morgan fingerprint density at radius 3 is 2.63 bits per heavy atom. The van der Waals surface area contributed by atoms with E-state index in [-0.39, 0.29) is 29.3 Å². The van der Waals surface area contributed by atoms with Gasteiger partial charge in [-0.1, -0.05) is 37.4 Å². The molecule has 1 saturated carbocycles. The van der Waals surface area contributed by atoms with Gasteiger partial charge < -0.3 is 5.32 Å². The zero-order valence-electron chi connectivity index (χ0n) is 16.1. The predicted octanol–water partition coefficient (Wildman–Crippen LogP) is 3.74. The largest absolute Gasteiger partial charge is 0.353 e. The molecule has 3 rings (SSSR count). The van der Waals surface area contributed by atoms with Crippen LogP contribution in [0.4, 0.5) is 0 Å². The highest BCUT2D eigenvalue weighted by Crippen LogP contribution is 2.28. The molecule has 150 valence electrons. The van der Waals surface area contributed by atoms with E-state index in [4.69, 9.17) is 11.6 Å². The van der Waals surface area contributed by atoms with E-state index in [2.05, 4.69) is 12.2 Å². The number of sulfonamides is 1. The van der Waals surface area contributed by atoms with Crippen LogP contribution in [0.1, 0.15) is 51.0 Å². The van der Waals surface area contributed by atoms with Crippen LogP contribution in [-0.4, -0.2) is 37.8 Å². The maximum Gasteiger partial charge on any atom is 0.243 e. The van der Waals surface area contributed by atoms with Crippen molar-refractivity contribution in [2.45, 2.75) is 63.3 Å². The summed E-state index contributed by atoms with van der Waals surface area (Å²) in [6.45, 7) is 4.70. The smallest absolute Gasteiger partial charge is 0.243 e. The summed E-state index contributed by atoms with van der Waals surface area (Å²) in [6.07, 6.45) is 5.95.